The Morgan fingerprint density at radius 2 is 1.92 bits per heavy atom. The summed E-state index contributed by atoms with van der Waals surface area (Å²) in [5, 5.41) is 7.62. The smallest absolute Gasteiger partial charge is 0.263 e. The lowest BCUT2D eigenvalue weighted by molar-refractivity contribution is 0.0315. The fourth-order valence-electron chi connectivity index (χ4n) is 8.65. The number of anilines is 1. The fraction of sp³-hybridized carbons (Fsp3) is 0.615. The molecule has 0 radical (unpaired) electrons. The molecule has 2 fully saturated rings. The van der Waals surface area contributed by atoms with Gasteiger partial charge >= 0.3 is 0 Å². The number of carbonyl (C=O) groups excluding carboxylic acids is 1. The van der Waals surface area contributed by atoms with Gasteiger partial charge in [-0.1, -0.05) is 36.7 Å². The Hall–Kier alpha value is -2.43. The van der Waals surface area contributed by atoms with Crippen LogP contribution in [-0.4, -0.2) is 85.0 Å². The van der Waals surface area contributed by atoms with Gasteiger partial charge in [-0.3, -0.25) is 14.4 Å². The minimum Gasteiger partial charge on any atom is -0.490 e. The van der Waals surface area contributed by atoms with Crippen LogP contribution < -0.4 is 14.4 Å². The van der Waals surface area contributed by atoms with Gasteiger partial charge < -0.3 is 19.5 Å². The number of nitrogens with one attached hydrogen (secondary N) is 1. The van der Waals surface area contributed by atoms with Crippen molar-refractivity contribution < 1.29 is 23.6 Å². The molecular formula is C39H54ClN3O5S. The van der Waals surface area contributed by atoms with Crippen molar-refractivity contribution in [1.82, 2.24) is 9.62 Å². The van der Waals surface area contributed by atoms with Crippen LogP contribution in [0.4, 0.5) is 5.69 Å². The van der Waals surface area contributed by atoms with Gasteiger partial charge in [0.1, 0.15) is 16.7 Å². The molecule has 1 amide bonds. The van der Waals surface area contributed by atoms with Crippen LogP contribution in [0.3, 0.4) is 0 Å². The molecule has 7 rings (SSSR count). The second kappa shape index (κ2) is 16.3. The van der Waals surface area contributed by atoms with Crippen LogP contribution in [0, 0.1) is 23.7 Å². The Bertz CT molecular complexity index is 1520. The van der Waals surface area contributed by atoms with E-state index in [0.717, 1.165) is 102 Å². The van der Waals surface area contributed by atoms with Gasteiger partial charge in [0.25, 0.3) is 5.91 Å². The van der Waals surface area contributed by atoms with Crippen LogP contribution in [-0.2, 0) is 27.6 Å². The monoisotopic (exact) mass is 711 g/mol. The number of rotatable bonds is 3. The average molecular weight is 712 g/mol. The van der Waals surface area contributed by atoms with E-state index in [1.165, 1.54) is 24.0 Å². The number of benzene rings is 2. The van der Waals surface area contributed by atoms with Crippen molar-refractivity contribution >= 4 is 34.2 Å². The number of amides is 1. The van der Waals surface area contributed by atoms with Gasteiger partial charge in [0, 0.05) is 49.3 Å². The molecule has 5 aliphatic rings. The first-order chi connectivity index (χ1) is 23.8. The molecule has 1 saturated carbocycles. The topological polar surface area (TPSA) is 91.3 Å². The molecule has 2 N–H and O–H groups in total. The van der Waals surface area contributed by atoms with Crippen LogP contribution in [0.2, 0.25) is 5.02 Å². The van der Waals surface area contributed by atoms with E-state index in [-0.39, 0.29) is 22.5 Å². The lowest BCUT2D eigenvalue weighted by atomic mass is 9.65. The number of aliphatic hydroxyl groups excluding tert-OH is 1. The third-order valence-corrected chi connectivity index (χ3v) is 13.6. The molecule has 1 saturated heterocycles. The third-order valence-electron chi connectivity index (χ3n) is 11.9. The van der Waals surface area contributed by atoms with E-state index < -0.39 is 11.0 Å². The third kappa shape index (κ3) is 8.06. The van der Waals surface area contributed by atoms with Crippen molar-refractivity contribution in [2.45, 2.75) is 69.5 Å². The zero-order valence-electron chi connectivity index (χ0n) is 29.4. The van der Waals surface area contributed by atoms with Gasteiger partial charge in [0.05, 0.1) is 30.8 Å². The highest BCUT2D eigenvalue weighted by Crippen LogP contribution is 2.48. The van der Waals surface area contributed by atoms with Crippen LogP contribution in [0.25, 0.3) is 0 Å². The SMILES string of the molecule is CC1C/C=C/C(CCN2CCOCC2)C2CCC2CN2C[C@@]3(CCCc4cc(Cl)ccc43)COc3ccc(cc32)C(=O)NS(=O)C1C.CO. The summed E-state index contributed by atoms with van der Waals surface area (Å²) in [5.41, 5.74) is 4.01. The molecule has 2 aromatic rings. The number of hydrogen-bond donors (Lipinski definition) is 2. The van der Waals surface area contributed by atoms with Gasteiger partial charge in [-0.15, -0.1) is 0 Å². The standard InChI is InChI=1S/C38H50ClN3O4S.CH4O/c1-26-5-3-6-28(14-16-41-17-19-45-20-18-41)33-11-8-31(33)23-42-24-38(15-4-7-29-21-32(39)10-12-34(29)38)25-46-36-13-9-30(22-35(36)42)37(43)40-47(44)27(26)2;1-2/h3,6,9-10,12-13,21-22,26-28,31,33H,4-5,7-8,11,14-20,23-25H2,1-2H3,(H,40,43);2H,1H3/b6-3+;/t26?,27?,28?,31?,33?,38-,47?;/m0./s1. The first-order valence-electron chi connectivity index (χ1n) is 18.2. The molecule has 268 valence electrons. The Kier molecular flexibility index (Phi) is 12.1. The normalized spacial score (nSPS) is 32.6. The van der Waals surface area contributed by atoms with E-state index in [1.807, 2.05) is 31.2 Å². The largest absolute Gasteiger partial charge is 0.490 e. The lowest BCUT2D eigenvalue weighted by Crippen LogP contribution is -2.49. The minimum absolute atomic E-state index is 0.164. The number of fused-ring (bicyclic) bond motifs is 4. The number of hydrogen-bond acceptors (Lipinski definition) is 7. The molecule has 3 heterocycles. The molecule has 6 unspecified atom stereocenters. The molecular weight excluding hydrogens is 658 g/mol. The quantitative estimate of drug-likeness (QED) is 0.369. The van der Waals surface area contributed by atoms with Gasteiger partial charge in [-0.25, -0.2) is 4.21 Å². The van der Waals surface area contributed by atoms with Crippen molar-refractivity contribution in [2.75, 3.05) is 64.6 Å². The van der Waals surface area contributed by atoms with Crippen molar-refractivity contribution in [3.8, 4) is 5.75 Å². The van der Waals surface area contributed by atoms with Gasteiger partial charge in [0.15, 0.2) is 0 Å². The number of aryl methyl sites for hydroxylation is 1. The average Bonchev–Trinajstić information content (AvgIpc) is 3.26. The fourth-order valence-corrected chi connectivity index (χ4v) is 9.86. The predicted octanol–water partition coefficient (Wildman–Crippen LogP) is 6.16. The molecule has 3 aliphatic heterocycles. The maximum atomic E-state index is 13.5. The van der Waals surface area contributed by atoms with Crippen LogP contribution in [0.5, 0.6) is 5.75 Å². The van der Waals surface area contributed by atoms with E-state index in [1.54, 1.807) is 0 Å². The summed E-state index contributed by atoms with van der Waals surface area (Å²) in [5.74, 6) is 2.36. The summed E-state index contributed by atoms with van der Waals surface area (Å²) < 4.78 is 28.5. The predicted molar refractivity (Wildman–Crippen MR) is 198 cm³/mol. The minimum atomic E-state index is -1.49. The zero-order chi connectivity index (χ0) is 34.5. The second-order valence-corrected chi connectivity index (χ2v) is 16.7. The molecule has 8 nitrogen and oxygen atoms in total. The number of nitrogens with zero attached hydrogens (tertiary/aromatic N) is 2. The zero-order valence-corrected chi connectivity index (χ0v) is 30.9. The van der Waals surface area contributed by atoms with Crippen molar-refractivity contribution in [1.29, 1.82) is 0 Å². The van der Waals surface area contributed by atoms with Gasteiger partial charge in [-0.2, -0.15) is 0 Å². The molecule has 49 heavy (non-hydrogen) atoms. The summed E-state index contributed by atoms with van der Waals surface area (Å²) in [6, 6.07) is 12.1. The molecule has 2 aliphatic carbocycles. The first kappa shape index (κ1) is 36.4. The van der Waals surface area contributed by atoms with E-state index >= 15 is 0 Å². The van der Waals surface area contributed by atoms with Crippen LogP contribution in [0.15, 0.2) is 48.6 Å². The Labute approximate surface area is 300 Å². The number of aliphatic hydroxyl groups is 1. The molecule has 2 bridgehead atoms. The highest BCUT2D eigenvalue weighted by Gasteiger charge is 2.44. The van der Waals surface area contributed by atoms with Crippen molar-refractivity contribution in [3.05, 3.63) is 70.3 Å². The number of carbonyl (C=O) groups is 1. The highest BCUT2D eigenvalue weighted by molar-refractivity contribution is 7.84. The molecule has 0 aromatic heterocycles. The Morgan fingerprint density at radius 1 is 1.10 bits per heavy atom. The lowest BCUT2D eigenvalue weighted by Gasteiger charge is -2.46. The number of halogens is 1. The van der Waals surface area contributed by atoms with Gasteiger partial charge in [0.2, 0.25) is 0 Å². The summed E-state index contributed by atoms with van der Waals surface area (Å²) in [4.78, 5) is 18.6. The summed E-state index contributed by atoms with van der Waals surface area (Å²) in [7, 11) is -0.493. The van der Waals surface area contributed by atoms with Crippen molar-refractivity contribution in [2.24, 2.45) is 23.7 Å². The number of ether oxygens (including phenoxy) is 2. The highest BCUT2D eigenvalue weighted by atomic mass is 35.5. The van der Waals surface area contributed by atoms with E-state index in [0.29, 0.717) is 29.9 Å². The van der Waals surface area contributed by atoms with E-state index in [2.05, 4.69) is 45.7 Å². The Balaban J connectivity index is 0.00000205. The maximum absolute atomic E-state index is 13.5. The van der Waals surface area contributed by atoms with Gasteiger partial charge in [-0.05, 0) is 124 Å². The summed E-state index contributed by atoms with van der Waals surface area (Å²) >= 11 is 6.48. The van der Waals surface area contributed by atoms with E-state index in [9.17, 15) is 9.00 Å². The second-order valence-electron chi connectivity index (χ2n) is 14.8. The Morgan fingerprint density at radius 3 is 2.69 bits per heavy atom. The maximum Gasteiger partial charge on any atom is 0.263 e. The van der Waals surface area contributed by atoms with Crippen LogP contribution >= 0.6 is 11.6 Å². The van der Waals surface area contributed by atoms with Crippen LogP contribution in [0.1, 0.15) is 73.9 Å². The summed E-state index contributed by atoms with van der Waals surface area (Å²) in [6.07, 6.45) is 12.4. The molecule has 10 heteroatoms. The molecule has 1 spiro atoms. The molecule has 7 atom stereocenters. The number of allylic oxidation sites excluding steroid dienone is 2. The first-order valence-corrected chi connectivity index (χ1v) is 19.8. The molecule has 2 aromatic carbocycles. The van der Waals surface area contributed by atoms with Crippen molar-refractivity contribution in [3.63, 3.8) is 0 Å². The summed E-state index contributed by atoms with van der Waals surface area (Å²) in [6.45, 7) is 11.2. The van der Waals surface area contributed by atoms with E-state index in [4.69, 9.17) is 26.2 Å². The number of morpholine rings is 1.